The number of thiophene rings is 1. The van der Waals surface area contributed by atoms with Crippen molar-refractivity contribution in [1.29, 1.82) is 0 Å². The van der Waals surface area contributed by atoms with E-state index in [9.17, 15) is 9.59 Å². The maximum absolute atomic E-state index is 12.6. The van der Waals surface area contributed by atoms with Gasteiger partial charge in [-0.15, -0.1) is 11.3 Å². The zero-order valence-corrected chi connectivity index (χ0v) is 19.4. The summed E-state index contributed by atoms with van der Waals surface area (Å²) in [6.45, 7) is 1.82. The van der Waals surface area contributed by atoms with Crippen LogP contribution in [0.4, 0.5) is 5.00 Å². The Hall–Kier alpha value is -2.16. The molecule has 0 aliphatic carbocycles. The number of amides is 1. The number of carbonyl (C=O) groups is 2. The molecular formula is C21H17Br2NO4S. The predicted molar refractivity (Wildman–Crippen MR) is 122 cm³/mol. The molecule has 0 fully saturated rings. The van der Waals surface area contributed by atoms with Crippen LogP contribution in [0.15, 0.2) is 62.9 Å². The van der Waals surface area contributed by atoms with E-state index < -0.39 is 5.97 Å². The van der Waals surface area contributed by atoms with Crippen molar-refractivity contribution >= 4 is 60.1 Å². The standard InChI is InChI=1S/C21H17Br2NO4S/c1-2-27-21(26)19-17(13-3-5-14(22)6-4-13)12-29-20(19)24-18(25)11-28-16-9-7-15(23)8-10-16/h3-10,12H,2,11H2,1H3,(H,24,25). The van der Waals surface area contributed by atoms with E-state index in [1.54, 1.807) is 19.1 Å². The number of halogens is 2. The number of esters is 1. The Kier molecular flexibility index (Phi) is 7.46. The van der Waals surface area contributed by atoms with Crippen LogP contribution < -0.4 is 10.1 Å². The molecule has 3 aromatic rings. The largest absolute Gasteiger partial charge is 0.484 e. The fourth-order valence-electron chi connectivity index (χ4n) is 2.54. The van der Waals surface area contributed by atoms with Gasteiger partial charge >= 0.3 is 5.97 Å². The van der Waals surface area contributed by atoms with E-state index in [1.165, 1.54) is 11.3 Å². The summed E-state index contributed by atoms with van der Waals surface area (Å²) in [5.41, 5.74) is 1.92. The van der Waals surface area contributed by atoms with E-state index in [2.05, 4.69) is 37.2 Å². The molecule has 3 rings (SSSR count). The smallest absolute Gasteiger partial charge is 0.341 e. The van der Waals surface area contributed by atoms with Crippen LogP contribution in [0.5, 0.6) is 5.75 Å². The van der Waals surface area contributed by atoms with Crippen molar-refractivity contribution in [2.45, 2.75) is 6.92 Å². The minimum absolute atomic E-state index is 0.171. The quantitative estimate of drug-likeness (QED) is 0.367. The van der Waals surface area contributed by atoms with Crippen LogP contribution in [0.3, 0.4) is 0 Å². The first-order valence-electron chi connectivity index (χ1n) is 8.70. The number of hydrogen-bond acceptors (Lipinski definition) is 5. The van der Waals surface area contributed by atoms with Gasteiger partial charge in [0.1, 0.15) is 16.3 Å². The van der Waals surface area contributed by atoms with Crippen molar-refractivity contribution in [3.63, 3.8) is 0 Å². The molecule has 0 aliphatic heterocycles. The summed E-state index contributed by atoms with van der Waals surface area (Å²) in [5, 5.41) is 5.04. The lowest BCUT2D eigenvalue weighted by molar-refractivity contribution is -0.118. The van der Waals surface area contributed by atoms with Crippen molar-refractivity contribution in [3.8, 4) is 16.9 Å². The van der Waals surface area contributed by atoms with Crippen LogP contribution in [-0.4, -0.2) is 25.1 Å². The molecule has 1 aromatic heterocycles. The van der Waals surface area contributed by atoms with Crippen molar-refractivity contribution in [2.75, 3.05) is 18.5 Å². The lowest BCUT2D eigenvalue weighted by Gasteiger charge is -2.10. The van der Waals surface area contributed by atoms with Crippen LogP contribution in [-0.2, 0) is 9.53 Å². The number of benzene rings is 2. The van der Waals surface area contributed by atoms with Crippen molar-refractivity contribution in [1.82, 2.24) is 0 Å². The van der Waals surface area contributed by atoms with E-state index >= 15 is 0 Å². The SMILES string of the molecule is CCOC(=O)c1c(-c2ccc(Br)cc2)csc1NC(=O)COc1ccc(Br)cc1. The minimum atomic E-state index is -0.476. The van der Waals surface area contributed by atoms with Crippen LogP contribution in [0.25, 0.3) is 11.1 Å². The normalized spacial score (nSPS) is 10.4. The summed E-state index contributed by atoms with van der Waals surface area (Å²) in [7, 11) is 0. The first-order valence-corrected chi connectivity index (χ1v) is 11.2. The topological polar surface area (TPSA) is 64.6 Å². The lowest BCUT2D eigenvalue weighted by Crippen LogP contribution is -2.21. The Bertz CT molecular complexity index is 1000. The van der Waals surface area contributed by atoms with Crippen LogP contribution >= 0.6 is 43.2 Å². The monoisotopic (exact) mass is 537 g/mol. The maximum atomic E-state index is 12.6. The molecule has 0 saturated carbocycles. The average molecular weight is 539 g/mol. The molecule has 0 saturated heterocycles. The van der Waals surface area contributed by atoms with E-state index in [0.29, 0.717) is 21.9 Å². The molecular weight excluding hydrogens is 522 g/mol. The summed E-state index contributed by atoms with van der Waals surface area (Å²) in [5.74, 6) is -0.255. The van der Waals surface area contributed by atoms with E-state index in [0.717, 1.165) is 14.5 Å². The maximum Gasteiger partial charge on any atom is 0.341 e. The number of rotatable bonds is 7. The van der Waals surface area contributed by atoms with Gasteiger partial charge in [0, 0.05) is 19.9 Å². The van der Waals surface area contributed by atoms with Gasteiger partial charge in [-0.25, -0.2) is 4.79 Å². The van der Waals surface area contributed by atoms with E-state index in [-0.39, 0.29) is 19.1 Å². The number of hydrogen-bond donors (Lipinski definition) is 1. The second-order valence-electron chi connectivity index (χ2n) is 5.87. The Morgan fingerprint density at radius 3 is 2.24 bits per heavy atom. The Morgan fingerprint density at radius 1 is 1.00 bits per heavy atom. The third-order valence-corrected chi connectivity index (χ3v) is 5.82. The molecule has 0 atom stereocenters. The summed E-state index contributed by atoms with van der Waals surface area (Å²) >= 11 is 8.03. The molecule has 1 amide bonds. The van der Waals surface area contributed by atoms with Crippen LogP contribution in [0.2, 0.25) is 0 Å². The fourth-order valence-corrected chi connectivity index (χ4v) is 4.04. The van der Waals surface area contributed by atoms with E-state index in [1.807, 2.05) is 41.8 Å². The van der Waals surface area contributed by atoms with Crippen molar-refractivity contribution < 1.29 is 19.1 Å². The third kappa shape index (κ3) is 5.68. The highest BCUT2D eigenvalue weighted by Gasteiger charge is 2.23. The second-order valence-corrected chi connectivity index (χ2v) is 8.58. The van der Waals surface area contributed by atoms with Gasteiger partial charge in [0.2, 0.25) is 0 Å². The number of anilines is 1. The lowest BCUT2D eigenvalue weighted by atomic mass is 10.0. The molecule has 1 N–H and O–H groups in total. The van der Waals surface area contributed by atoms with Gasteiger partial charge in [0.15, 0.2) is 6.61 Å². The number of carbonyl (C=O) groups excluding carboxylic acids is 2. The zero-order valence-electron chi connectivity index (χ0n) is 15.4. The first kappa shape index (κ1) is 21.5. The first-order chi connectivity index (χ1) is 14.0. The molecule has 0 aliphatic rings. The number of nitrogens with one attached hydrogen (secondary N) is 1. The molecule has 1 heterocycles. The summed E-state index contributed by atoms with van der Waals surface area (Å²) in [6.07, 6.45) is 0. The highest BCUT2D eigenvalue weighted by atomic mass is 79.9. The molecule has 150 valence electrons. The zero-order chi connectivity index (χ0) is 20.8. The van der Waals surface area contributed by atoms with Gasteiger partial charge in [0.25, 0.3) is 5.91 Å². The summed E-state index contributed by atoms with van der Waals surface area (Å²) < 4.78 is 12.6. The van der Waals surface area contributed by atoms with Crippen molar-refractivity contribution in [2.24, 2.45) is 0 Å². The Balaban J connectivity index is 1.78. The molecule has 29 heavy (non-hydrogen) atoms. The molecule has 5 nitrogen and oxygen atoms in total. The predicted octanol–water partition coefficient (Wildman–Crippen LogP) is 6.13. The van der Waals surface area contributed by atoms with Gasteiger partial charge in [-0.05, 0) is 48.9 Å². The third-order valence-electron chi connectivity index (χ3n) is 3.86. The molecule has 2 aromatic carbocycles. The average Bonchev–Trinajstić information content (AvgIpc) is 3.12. The molecule has 0 unspecified atom stereocenters. The highest BCUT2D eigenvalue weighted by molar-refractivity contribution is 9.10. The van der Waals surface area contributed by atoms with Crippen molar-refractivity contribution in [3.05, 3.63) is 68.4 Å². The van der Waals surface area contributed by atoms with Crippen LogP contribution in [0.1, 0.15) is 17.3 Å². The van der Waals surface area contributed by atoms with E-state index in [4.69, 9.17) is 9.47 Å². The van der Waals surface area contributed by atoms with Gasteiger partial charge in [-0.2, -0.15) is 0 Å². The van der Waals surface area contributed by atoms with Crippen LogP contribution in [0, 0.1) is 0 Å². The highest BCUT2D eigenvalue weighted by Crippen LogP contribution is 2.36. The molecule has 8 heteroatoms. The molecule has 0 bridgehead atoms. The second kappa shape index (κ2) is 10.0. The Labute approximate surface area is 189 Å². The van der Waals surface area contributed by atoms with Gasteiger partial charge in [-0.1, -0.05) is 44.0 Å². The summed E-state index contributed by atoms with van der Waals surface area (Å²) in [6, 6.07) is 14.8. The fraction of sp³-hybridized carbons (Fsp3) is 0.143. The minimum Gasteiger partial charge on any atom is -0.484 e. The Morgan fingerprint density at radius 2 is 1.62 bits per heavy atom. The van der Waals surface area contributed by atoms with Gasteiger partial charge in [0.05, 0.1) is 6.61 Å². The summed E-state index contributed by atoms with van der Waals surface area (Å²) in [4.78, 5) is 24.9. The number of ether oxygens (including phenoxy) is 2. The van der Waals surface area contributed by atoms with Gasteiger partial charge < -0.3 is 14.8 Å². The molecule has 0 spiro atoms. The van der Waals surface area contributed by atoms with Gasteiger partial charge in [-0.3, -0.25) is 4.79 Å². The molecule has 0 radical (unpaired) electrons.